The number of ether oxygens (including phenoxy) is 1. The fourth-order valence-corrected chi connectivity index (χ4v) is 1.46. The Morgan fingerprint density at radius 2 is 1.95 bits per heavy atom. The van der Waals surface area contributed by atoms with Gasteiger partial charge in [-0.2, -0.15) is 0 Å². The van der Waals surface area contributed by atoms with Crippen LogP contribution in [-0.2, 0) is 9.53 Å². The molecule has 0 aromatic heterocycles. The Bertz CT molecular complexity index is 334. The smallest absolute Gasteiger partial charge is 0.408 e. The molecule has 0 aliphatic rings. The van der Waals surface area contributed by atoms with E-state index in [1.54, 1.807) is 26.8 Å². The summed E-state index contributed by atoms with van der Waals surface area (Å²) < 4.78 is 5.01. The summed E-state index contributed by atoms with van der Waals surface area (Å²) in [5.41, 5.74) is -2.45. The van der Waals surface area contributed by atoms with Gasteiger partial charge in [-0.1, -0.05) is 6.08 Å². The van der Waals surface area contributed by atoms with Crippen LogP contribution < -0.4 is 5.32 Å². The number of alkyl carbamates (subject to hydrolysis) is 1. The first-order chi connectivity index (χ1) is 8.67. The lowest BCUT2D eigenvalue weighted by Crippen LogP contribution is -2.58. The number of hydrogen-bond donors (Lipinski definition) is 3. The van der Waals surface area contributed by atoms with Crippen molar-refractivity contribution >= 4 is 12.1 Å². The first-order valence-corrected chi connectivity index (χ1v) is 6.13. The predicted molar refractivity (Wildman–Crippen MR) is 70.9 cm³/mol. The predicted octanol–water partition coefficient (Wildman–Crippen LogP) is 1.68. The number of aliphatic hydroxyl groups is 1. The van der Waals surface area contributed by atoms with Gasteiger partial charge in [0.1, 0.15) is 5.60 Å². The largest absolute Gasteiger partial charge is 0.479 e. The summed E-state index contributed by atoms with van der Waals surface area (Å²) >= 11 is 0. The average molecular weight is 273 g/mol. The molecule has 0 spiro atoms. The van der Waals surface area contributed by atoms with Crippen molar-refractivity contribution in [1.82, 2.24) is 5.32 Å². The third-order valence-corrected chi connectivity index (χ3v) is 2.43. The van der Waals surface area contributed by atoms with Crippen LogP contribution in [0.4, 0.5) is 4.79 Å². The summed E-state index contributed by atoms with van der Waals surface area (Å²) in [4.78, 5) is 22.9. The lowest BCUT2D eigenvalue weighted by molar-refractivity contribution is -0.147. The van der Waals surface area contributed by atoms with Crippen LogP contribution in [0.25, 0.3) is 0 Å². The molecule has 0 heterocycles. The van der Waals surface area contributed by atoms with Crippen LogP contribution in [0.5, 0.6) is 0 Å². The van der Waals surface area contributed by atoms with Gasteiger partial charge >= 0.3 is 12.1 Å². The standard InChI is InChI=1S/C13H23NO5/c1-5-6-7-8-13(9-15,10(16)17)14-11(18)19-12(2,3)4/h5,15H,1,6-9H2,2-4H3,(H,14,18)(H,16,17)/t13-/m0/s1. The van der Waals surface area contributed by atoms with Crippen molar-refractivity contribution in [3.05, 3.63) is 12.7 Å². The number of aliphatic hydroxyl groups excluding tert-OH is 1. The normalized spacial score (nSPS) is 14.3. The highest BCUT2D eigenvalue weighted by atomic mass is 16.6. The van der Waals surface area contributed by atoms with Gasteiger partial charge in [-0.05, 0) is 40.0 Å². The molecular formula is C13H23NO5. The van der Waals surface area contributed by atoms with Crippen LogP contribution in [-0.4, -0.2) is 40.0 Å². The molecule has 6 heteroatoms. The highest BCUT2D eigenvalue weighted by Gasteiger charge is 2.40. The maximum Gasteiger partial charge on any atom is 0.408 e. The van der Waals surface area contributed by atoms with Crippen LogP contribution in [0.2, 0.25) is 0 Å². The first kappa shape index (κ1) is 17.4. The molecule has 0 aromatic rings. The molecule has 110 valence electrons. The van der Waals surface area contributed by atoms with E-state index in [4.69, 9.17) is 4.74 Å². The van der Waals surface area contributed by atoms with E-state index in [2.05, 4.69) is 11.9 Å². The molecule has 0 rings (SSSR count). The number of nitrogens with one attached hydrogen (secondary N) is 1. The number of hydrogen-bond acceptors (Lipinski definition) is 4. The maximum absolute atomic E-state index is 11.6. The fraction of sp³-hybridized carbons (Fsp3) is 0.692. The van der Waals surface area contributed by atoms with E-state index < -0.39 is 29.8 Å². The summed E-state index contributed by atoms with van der Waals surface area (Å²) in [6.07, 6.45) is 1.99. The van der Waals surface area contributed by atoms with E-state index in [1.165, 1.54) is 0 Å². The van der Waals surface area contributed by atoms with Crippen LogP contribution >= 0.6 is 0 Å². The van der Waals surface area contributed by atoms with Crippen molar-refractivity contribution in [3.63, 3.8) is 0 Å². The Morgan fingerprint density at radius 1 is 1.37 bits per heavy atom. The summed E-state index contributed by atoms with van der Waals surface area (Å²) in [6, 6.07) is 0. The number of carboxylic acid groups (broad SMARTS) is 1. The zero-order chi connectivity index (χ0) is 15.1. The van der Waals surface area contributed by atoms with E-state index in [0.29, 0.717) is 12.8 Å². The van der Waals surface area contributed by atoms with Crippen molar-refractivity contribution in [1.29, 1.82) is 0 Å². The molecule has 0 saturated carbocycles. The van der Waals surface area contributed by atoms with Gasteiger partial charge in [-0.25, -0.2) is 9.59 Å². The van der Waals surface area contributed by atoms with Crippen LogP contribution in [0, 0.1) is 0 Å². The average Bonchev–Trinajstić information content (AvgIpc) is 2.25. The molecule has 0 unspecified atom stereocenters. The van der Waals surface area contributed by atoms with Gasteiger partial charge in [-0.15, -0.1) is 6.58 Å². The highest BCUT2D eigenvalue weighted by Crippen LogP contribution is 2.17. The van der Waals surface area contributed by atoms with Crippen molar-refractivity contribution < 1.29 is 24.5 Å². The minimum Gasteiger partial charge on any atom is -0.479 e. The number of carbonyl (C=O) groups is 2. The molecule has 0 aliphatic carbocycles. The Labute approximate surface area is 113 Å². The van der Waals surface area contributed by atoms with Gasteiger partial charge in [0.15, 0.2) is 5.54 Å². The Balaban J connectivity index is 4.79. The molecule has 0 fully saturated rings. The number of rotatable bonds is 7. The fourth-order valence-electron chi connectivity index (χ4n) is 1.46. The third-order valence-electron chi connectivity index (χ3n) is 2.43. The lowest BCUT2D eigenvalue weighted by Gasteiger charge is -2.30. The van der Waals surface area contributed by atoms with E-state index in [1.807, 2.05) is 0 Å². The first-order valence-electron chi connectivity index (χ1n) is 6.13. The van der Waals surface area contributed by atoms with Gasteiger partial charge in [0, 0.05) is 0 Å². The second-order valence-corrected chi connectivity index (χ2v) is 5.35. The molecule has 0 radical (unpaired) electrons. The summed E-state index contributed by atoms with van der Waals surface area (Å²) in [5, 5.41) is 20.8. The molecule has 3 N–H and O–H groups in total. The van der Waals surface area contributed by atoms with Crippen molar-refractivity contribution in [2.45, 2.75) is 51.2 Å². The summed E-state index contributed by atoms with van der Waals surface area (Å²) in [6.45, 7) is 7.86. The second-order valence-electron chi connectivity index (χ2n) is 5.35. The zero-order valence-electron chi connectivity index (χ0n) is 11.7. The summed E-state index contributed by atoms with van der Waals surface area (Å²) in [7, 11) is 0. The molecule has 6 nitrogen and oxygen atoms in total. The van der Waals surface area contributed by atoms with E-state index in [0.717, 1.165) is 0 Å². The van der Waals surface area contributed by atoms with Crippen LogP contribution in [0.3, 0.4) is 0 Å². The zero-order valence-corrected chi connectivity index (χ0v) is 11.7. The van der Waals surface area contributed by atoms with Gasteiger partial charge in [0.25, 0.3) is 0 Å². The van der Waals surface area contributed by atoms with E-state index >= 15 is 0 Å². The number of unbranched alkanes of at least 4 members (excludes halogenated alkanes) is 1. The SMILES string of the molecule is C=CCCC[C@@](CO)(NC(=O)OC(C)(C)C)C(=O)O. The quantitative estimate of drug-likeness (QED) is 0.484. The molecule has 1 amide bonds. The molecule has 1 atom stereocenters. The number of amides is 1. The molecule has 0 aromatic carbocycles. The van der Waals surface area contributed by atoms with Crippen molar-refractivity contribution in [3.8, 4) is 0 Å². The number of aliphatic carboxylic acids is 1. The Morgan fingerprint density at radius 3 is 2.32 bits per heavy atom. The minimum absolute atomic E-state index is 0.101. The van der Waals surface area contributed by atoms with Gasteiger partial charge in [0.2, 0.25) is 0 Å². The lowest BCUT2D eigenvalue weighted by atomic mass is 9.93. The van der Waals surface area contributed by atoms with Gasteiger partial charge < -0.3 is 20.3 Å². The van der Waals surface area contributed by atoms with Crippen molar-refractivity contribution in [2.75, 3.05) is 6.61 Å². The Kier molecular flexibility index (Phi) is 6.55. The van der Waals surface area contributed by atoms with E-state index in [-0.39, 0.29) is 6.42 Å². The molecule has 19 heavy (non-hydrogen) atoms. The third kappa shape index (κ3) is 6.24. The highest BCUT2D eigenvalue weighted by molar-refractivity contribution is 5.84. The molecular weight excluding hydrogens is 250 g/mol. The van der Waals surface area contributed by atoms with Gasteiger partial charge in [0.05, 0.1) is 6.61 Å². The monoisotopic (exact) mass is 273 g/mol. The van der Waals surface area contributed by atoms with Gasteiger partial charge in [-0.3, -0.25) is 0 Å². The summed E-state index contributed by atoms with van der Waals surface area (Å²) in [5.74, 6) is -1.29. The number of carboxylic acids is 1. The molecule has 0 saturated heterocycles. The van der Waals surface area contributed by atoms with Crippen LogP contribution in [0.1, 0.15) is 40.0 Å². The Hall–Kier alpha value is -1.56. The van der Waals surface area contributed by atoms with Crippen LogP contribution in [0.15, 0.2) is 12.7 Å². The maximum atomic E-state index is 11.6. The second kappa shape index (κ2) is 7.13. The molecule has 0 aliphatic heterocycles. The van der Waals surface area contributed by atoms with E-state index in [9.17, 15) is 19.8 Å². The number of carbonyl (C=O) groups excluding carboxylic acids is 1. The topological polar surface area (TPSA) is 95.9 Å². The van der Waals surface area contributed by atoms with Crippen molar-refractivity contribution in [2.24, 2.45) is 0 Å². The number of allylic oxidation sites excluding steroid dienone is 1. The molecule has 0 bridgehead atoms. The minimum atomic E-state index is -1.72.